The third kappa shape index (κ3) is 9.51. The van der Waals surface area contributed by atoms with E-state index in [0.717, 1.165) is 66.5 Å². The van der Waals surface area contributed by atoms with E-state index in [1.54, 1.807) is 0 Å². The van der Waals surface area contributed by atoms with Crippen molar-refractivity contribution in [1.82, 2.24) is 0 Å². The molecule has 0 saturated carbocycles. The molecule has 0 heterocycles. The zero-order chi connectivity index (χ0) is 28.0. The van der Waals surface area contributed by atoms with Crippen molar-refractivity contribution < 1.29 is 17.6 Å². The molecule has 0 N–H and O–H groups in total. The van der Waals surface area contributed by atoms with Gasteiger partial charge in [0.25, 0.3) is 0 Å². The van der Waals surface area contributed by atoms with Crippen LogP contribution in [0.4, 0.5) is 17.6 Å². The van der Waals surface area contributed by atoms with Gasteiger partial charge >= 0.3 is 0 Å². The number of unbranched alkanes of at least 4 members (excludes halogenated alkanes) is 4. The minimum atomic E-state index is -0.597. The molecule has 198 valence electrons. The lowest BCUT2D eigenvalue weighted by atomic mass is 10.0. The number of halogens is 4. The minimum absolute atomic E-state index is 0.498. The molecule has 0 fully saturated rings. The predicted octanol–water partition coefficient (Wildman–Crippen LogP) is 9.96. The van der Waals surface area contributed by atoms with E-state index in [1.165, 1.54) is 24.3 Å². The molecule has 4 aromatic carbocycles. The normalized spacial score (nSPS) is 9.90. The van der Waals surface area contributed by atoms with Crippen LogP contribution in [0.15, 0.2) is 84.9 Å². The molecule has 0 aromatic heterocycles. The van der Waals surface area contributed by atoms with E-state index in [4.69, 9.17) is 0 Å². The van der Waals surface area contributed by atoms with Gasteiger partial charge < -0.3 is 0 Å². The summed E-state index contributed by atoms with van der Waals surface area (Å²) in [5.74, 6) is 10.2. The molecule has 0 aliphatic rings. The van der Waals surface area contributed by atoms with Crippen LogP contribution in [-0.2, 0) is 0 Å². The molecule has 0 bridgehead atoms. The van der Waals surface area contributed by atoms with Crippen molar-refractivity contribution in [3.8, 4) is 45.9 Å². The Morgan fingerprint density at radius 1 is 0.436 bits per heavy atom. The lowest BCUT2D eigenvalue weighted by molar-refractivity contribution is 0.583. The molecule has 39 heavy (non-hydrogen) atoms. The highest BCUT2D eigenvalue weighted by Crippen LogP contribution is 2.23. The van der Waals surface area contributed by atoms with Crippen LogP contribution in [-0.4, -0.2) is 0 Å². The van der Waals surface area contributed by atoms with Crippen molar-refractivity contribution in [3.05, 3.63) is 119 Å². The molecule has 0 aliphatic heterocycles. The van der Waals surface area contributed by atoms with Gasteiger partial charge in [-0.3, -0.25) is 0 Å². The summed E-state index contributed by atoms with van der Waals surface area (Å²) < 4.78 is 53.6. The second-order valence-electron chi connectivity index (χ2n) is 8.64. The lowest BCUT2D eigenvalue weighted by Crippen LogP contribution is -1.84. The Kier molecular flexibility index (Phi) is 11.4. The van der Waals surface area contributed by atoms with Crippen LogP contribution in [0, 0.1) is 47.0 Å². The summed E-state index contributed by atoms with van der Waals surface area (Å²) >= 11 is 0. The van der Waals surface area contributed by atoms with E-state index >= 15 is 0 Å². The monoisotopic (exact) mass is 526 g/mol. The Bertz CT molecular complexity index is 1320. The van der Waals surface area contributed by atoms with E-state index in [9.17, 15) is 17.6 Å². The van der Waals surface area contributed by atoms with Crippen LogP contribution in [0.1, 0.15) is 57.1 Å². The molecular weight excluding hydrogens is 496 g/mol. The fraction of sp³-hybridized carbons (Fsp3) is 0.200. The van der Waals surface area contributed by atoms with Gasteiger partial charge in [0.2, 0.25) is 0 Å². The van der Waals surface area contributed by atoms with Crippen molar-refractivity contribution in [2.75, 3.05) is 0 Å². The van der Waals surface area contributed by atoms with E-state index in [0.29, 0.717) is 11.1 Å². The Hall–Kier alpha value is -4.28. The van der Waals surface area contributed by atoms with Gasteiger partial charge in [-0.15, -0.1) is 0 Å². The molecule has 0 amide bonds. The topological polar surface area (TPSA) is 0 Å². The van der Waals surface area contributed by atoms with Crippen molar-refractivity contribution in [1.29, 1.82) is 0 Å². The second-order valence-corrected chi connectivity index (χ2v) is 8.64. The molecule has 0 aliphatic carbocycles. The summed E-state index contributed by atoms with van der Waals surface area (Å²) in [5.41, 5.74) is 4.20. The highest BCUT2D eigenvalue weighted by Gasteiger charge is 2.04. The van der Waals surface area contributed by atoms with Crippen molar-refractivity contribution in [2.45, 2.75) is 46.0 Å². The Morgan fingerprint density at radius 2 is 0.769 bits per heavy atom. The van der Waals surface area contributed by atoms with Crippen LogP contribution in [0.5, 0.6) is 0 Å². The summed E-state index contributed by atoms with van der Waals surface area (Å²) in [6.45, 7) is 4.00. The fourth-order valence-corrected chi connectivity index (χ4v) is 3.87. The van der Waals surface area contributed by atoms with Gasteiger partial charge in [-0.1, -0.05) is 68.2 Å². The molecule has 4 rings (SSSR count). The van der Waals surface area contributed by atoms with Crippen LogP contribution < -0.4 is 0 Å². The summed E-state index contributed by atoms with van der Waals surface area (Å²) in [4.78, 5) is 0. The molecule has 0 saturated heterocycles. The third-order valence-electron chi connectivity index (χ3n) is 5.73. The SMILES string of the molecule is CC.Fc1cc(F)cc(-c2ccc(C#CCCCCCC#Cc3ccc(-c4cc(F)cc(F)c4)cc3)cc2)c1. The van der Waals surface area contributed by atoms with E-state index in [2.05, 4.69) is 23.7 Å². The van der Waals surface area contributed by atoms with Gasteiger partial charge in [-0.2, -0.15) is 0 Å². The van der Waals surface area contributed by atoms with Gasteiger partial charge in [0.15, 0.2) is 0 Å². The molecule has 4 aromatic rings. The molecule has 0 radical (unpaired) electrons. The average Bonchev–Trinajstić information content (AvgIpc) is 2.93. The zero-order valence-electron chi connectivity index (χ0n) is 22.1. The van der Waals surface area contributed by atoms with Crippen molar-refractivity contribution >= 4 is 0 Å². The summed E-state index contributed by atoms with van der Waals surface area (Å²) in [6.07, 6.45) is 4.55. The van der Waals surface area contributed by atoms with Crippen LogP contribution in [0.2, 0.25) is 0 Å². The molecular formula is C35H30F4. The fourth-order valence-electron chi connectivity index (χ4n) is 3.87. The molecule has 4 heteroatoms. The average molecular weight is 527 g/mol. The van der Waals surface area contributed by atoms with E-state index in [1.807, 2.05) is 62.4 Å². The minimum Gasteiger partial charge on any atom is -0.207 e. The first-order chi connectivity index (χ1) is 19.0. The van der Waals surface area contributed by atoms with Crippen LogP contribution in [0.25, 0.3) is 22.3 Å². The predicted molar refractivity (Wildman–Crippen MR) is 152 cm³/mol. The zero-order valence-corrected chi connectivity index (χ0v) is 22.1. The first kappa shape index (κ1) is 29.3. The van der Waals surface area contributed by atoms with E-state index < -0.39 is 23.3 Å². The van der Waals surface area contributed by atoms with Gasteiger partial charge in [0, 0.05) is 36.1 Å². The Balaban J connectivity index is 0.00000205. The molecule has 0 nitrogen and oxygen atoms in total. The maximum Gasteiger partial charge on any atom is 0.126 e. The number of hydrogen-bond donors (Lipinski definition) is 0. The third-order valence-corrected chi connectivity index (χ3v) is 5.73. The Labute approximate surface area is 228 Å². The molecule has 0 atom stereocenters. The standard InChI is InChI=1S/C33H24F4.C2H6/c34-30-18-28(19-31(35)22-30)26-14-10-24(11-15-26)8-6-4-2-1-3-5-7-9-25-12-16-27(17-13-25)29-20-32(36)23-33(37)21-29;1-2/h10-23H,1-5H2;1-2H3. The summed E-state index contributed by atoms with van der Waals surface area (Å²) in [7, 11) is 0. The maximum atomic E-state index is 13.4. The lowest BCUT2D eigenvalue weighted by Gasteiger charge is -2.02. The molecule has 0 unspecified atom stereocenters. The van der Waals surface area contributed by atoms with Crippen LogP contribution in [0.3, 0.4) is 0 Å². The largest absolute Gasteiger partial charge is 0.207 e. The smallest absolute Gasteiger partial charge is 0.126 e. The molecule has 0 spiro atoms. The van der Waals surface area contributed by atoms with Crippen LogP contribution >= 0.6 is 0 Å². The Morgan fingerprint density at radius 3 is 1.10 bits per heavy atom. The van der Waals surface area contributed by atoms with Gasteiger partial charge in [0.1, 0.15) is 23.3 Å². The summed E-state index contributed by atoms with van der Waals surface area (Å²) in [5, 5.41) is 0. The highest BCUT2D eigenvalue weighted by molar-refractivity contribution is 5.65. The maximum absolute atomic E-state index is 13.4. The van der Waals surface area contributed by atoms with Crippen molar-refractivity contribution in [2.24, 2.45) is 0 Å². The quantitative estimate of drug-likeness (QED) is 0.133. The number of rotatable bonds is 6. The van der Waals surface area contributed by atoms with E-state index in [-0.39, 0.29) is 0 Å². The van der Waals surface area contributed by atoms with Gasteiger partial charge in [-0.05, 0) is 83.6 Å². The van der Waals surface area contributed by atoms with Gasteiger partial charge in [-0.25, -0.2) is 17.6 Å². The first-order valence-corrected chi connectivity index (χ1v) is 13.1. The number of hydrogen-bond acceptors (Lipinski definition) is 0. The van der Waals surface area contributed by atoms with Gasteiger partial charge in [0.05, 0.1) is 0 Å². The number of benzene rings is 4. The summed E-state index contributed by atoms with van der Waals surface area (Å²) in [6, 6.07) is 21.6. The second kappa shape index (κ2) is 15.2. The van der Waals surface area contributed by atoms with Crippen molar-refractivity contribution in [3.63, 3.8) is 0 Å². The highest BCUT2D eigenvalue weighted by atomic mass is 19.1. The first-order valence-electron chi connectivity index (χ1n) is 13.1.